The summed E-state index contributed by atoms with van der Waals surface area (Å²) in [5, 5.41) is 3.58. The Hall–Kier alpha value is -2.29. The molecule has 2 amide bonds. The monoisotopic (exact) mass is 527 g/mol. The predicted molar refractivity (Wildman–Crippen MR) is 138 cm³/mol. The SMILES string of the molecule is Cc1ccc(N(CC(=O)N(Cc2ccc(Cl)cc2Cl)[C@H](C)C(=O)NC(C)C)S(C)(=O)=O)c(C)c1. The molecule has 186 valence electrons. The third-order valence-corrected chi connectivity index (χ3v) is 6.97. The number of hydrogen-bond donors (Lipinski definition) is 1. The van der Waals surface area contributed by atoms with E-state index in [0.29, 0.717) is 21.3 Å². The number of benzene rings is 2. The Morgan fingerprint density at radius 2 is 1.68 bits per heavy atom. The lowest BCUT2D eigenvalue weighted by atomic mass is 10.1. The maximum atomic E-state index is 13.5. The molecular weight excluding hydrogens is 497 g/mol. The molecule has 0 unspecified atom stereocenters. The molecule has 0 fully saturated rings. The van der Waals surface area contributed by atoms with Crippen LogP contribution in [-0.4, -0.2) is 50.0 Å². The molecule has 2 rings (SSSR count). The molecule has 1 N–H and O–H groups in total. The van der Waals surface area contributed by atoms with Gasteiger partial charge in [-0.05, 0) is 63.9 Å². The Labute approximate surface area is 212 Å². The Morgan fingerprint density at radius 1 is 1.03 bits per heavy atom. The first-order valence-corrected chi connectivity index (χ1v) is 13.4. The van der Waals surface area contributed by atoms with Gasteiger partial charge in [0.05, 0.1) is 11.9 Å². The summed E-state index contributed by atoms with van der Waals surface area (Å²) in [6, 6.07) is 9.18. The number of hydrogen-bond acceptors (Lipinski definition) is 4. The molecule has 0 heterocycles. The van der Waals surface area contributed by atoms with E-state index in [4.69, 9.17) is 23.2 Å². The molecule has 0 saturated heterocycles. The Balaban J connectivity index is 2.46. The first kappa shape index (κ1) is 28.0. The Morgan fingerprint density at radius 3 is 2.21 bits per heavy atom. The minimum atomic E-state index is -3.79. The summed E-state index contributed by atoms with van der Waals surface area (Å²) in [6.07, 6.45) is 1.05. The van der Waals surface area contributed by atoms with Gasteiger partial charge in [0.15, 0.2) is 0 Å². The zero-order valence-electron chi connectivity index (χ0n) is 20.2. The molecule has 0 bridgehead atoms. The third-order valence-electron chi connectivity index (χ3n) is 5.25. The number of rotatable bonds is 9. The van der Waals surface area contributed by atoms with Gasteiger partial charge in [-0.2, -0.15) is 0 Å². The number of nitrogens with zero attached hydrogens (tertiary/aromatic N) is 2. The summed E-state index contributed by atoms with van der Waals surface area (Å²) in [6.45, 7) is 8.46. The number of nitrogens with one attached hydrogen (secondary N) is 1. The van der Waals surface area contributed by atoms with E-state index >= 15 is 0 Å². The van der Waals surface area contributed by atoms with Crippen LogP contribution < -0.4 is 9.62 Å². The lowest BCUT2D eigenvalue weighted by molar-refractivity contribution is -0.139. The number of carbonyl (C=O) groups excluding carboxylic acids is 2. The lowest BCUT2D eigenvalue weighted by Gasteiger charge is -2.32. The van der Waals surface area contributed by atoms with Crippen LogP contribution in [0.25, 0.3) is 0 Å². The fourth-order valence-electron chi connectivity index (χ4n) is 3.50. The van der Waals surface area contributed by atoms with Crippen molar-refractivity contribution in [2.45, 2.75) is 53.2 Å². The zero-order chi connectivity index (χ0) is 25.8. The Kier molecular flexibility index (Phi) is 9.39. The van der Waals surface area contributed by atoms with Gasteiger partial charge in [0.2, 0.25) is 21.8 Å². The highest BCUT2D eigenvalue weighted by Crippen LogP contribution is 2.26. The van der Waals surface area contributed by atoms with Crippen molar-refractivity contribution in [3.8, 4) is 0 Å². The zero-order valence-corrected chi connectivity index (χ0v) is 22.6. The molecule has 0 aliphatic rings. The van der Waals surface area contributed by atoms with Crippen molar-refractivity contribution in [1.82, 2.24) is 10.2 Å². The lowest BCUT2D eigenvalue weighted by Crippen LogP contribution is -2.52. The smallest absolute Gasteiger partial charge is 0.244 e. The van der Waals surface area contributed by atoms with Crippen LogP contribution in [0.15, 0.2) is 36.4 Å². The summed E-state index contributed by atoms with van der Waals surface area (Å²) < 4.78 is 26.4. The van der Waals surface area contributed by atoms with Crippen molar-refractivity contribution in [3.63, 3.8) is 0 Å². The number of sulfonamides is 1. The van der Waals surface area contributed by atoms with Crippen molar-refractivity contribution in [2.75, 3.05) is 17.1 Å². The topological polar surface area (TPSA) is 86.8 Å². The van der Waals surface area contributed by atoms with Gasteiger partial charge in [-0.25, -0.2) is 8.42 Å². The average molecular weight is 529 g/mol. The molecule has 2 aromatic rings. The first-order chi connectivity index (χ1) is 15.7. The van der Waals surface area contributed by atoms with E-state index in [0.717, 1.165) is 21.7 Å². The summed E-state index contributed by atoms with van der Waals surface area (Å²) >= 11 is 12.3. The van der Waals surface area contributed by atoms with Crippen molar-refractivity contribution >= 4 is 50.7 Å². The fourth-order valence-corrected chi connectivity index (χ4v) is 4.88. The van der Waals surface area contributed by atoms with Gasteiger partial charge in [0.25, 0.3) is 0 Å². The van der Waals surface area contributed by atoms with Crippen LogP contribution in [0, 0.1) is 13.8 Å². The van der Waals surface area contributed by atoms with Crippen molar-refractivity contribution in [3.05, 3.63) is 63.1 Å². The van der Waals surface area contributed by atoms with Crippen LogP contribution in [0.4, 0.5) is 5.69 Å². The van der Waals surface area contributed by atoms with Crippen molar-refractivity contribution in [1.29, 1.82) is 0 Å². The average Bonchev–Trinajstić information content (AvgIpc) is 2.70. The highest BCUT2D eigenvalue weighted by atomic mass is 35.5. The van der Waals surface area contributed by atoms with E-state index in [1.54, 1.807) is 44.2 Å². The highest BCUT2D eigenvalue weighted by molar-refractivity contribution is 7.92. The van der Waals surface area contributed by atoms with E-state index in [1.807, 2.05) is 26.8 Å². The van der Waals surface area contributed by atoms with Crippen LogP contribution in [0.5, 0.6) is 0 Å². The summed E-state index contributed by atoms with van der Waals surface area (Å²) in [5.74, 6) is -0.895. The molecule has 34 heavy (non-hydrogen) atoms. The number of anilines is 1. The fraction of sp³-hybridized carbons (Fsp3) is 0.417. The van der Waals surface area contributed by atoms with Crippen molar-refractivity contribution in [2.24, 2.45) is 0 Å². The van der Waals surface area contributed by atoms with Crippen molar-refractivity contribution < 1.29 is 18.0 Å². The van der Waals surface area contributed by atoms with Gasteiger partial charge in [-0.1, -0.05) is 47.0 Å². The summed E-state index contributed by atoms with van der Waals surface area (Å²) in [5.41, 5.74) is 2.68. The van der Waals surface area contributed by atoms with Gasteiger partial charge in [-0.15, -0.1) is 0 Å². The molecule has 0 spiro atoms. The predicted octanol–water partition coefficient (Wildman–Crippen LogP) is 4.32. The highest BCUT2D eigenvalue weighted by Gasteiger charge is 2.31. The molecule has 0 aromatic heterocycles. The first-order valence-electron chi connectivity index (χ1n) is 10.8. The minimum absolute atomic E-state index is 0.00595. The molecule has 7 nitrogen and oxygen atoms in total. The number of amides is 2. The second kappa shape index (κ2) is 11.4. The molecule has 0 aliphatic heterocycles. The summed E-state index contributed by atoms with van der Waals surface area (Å²) in [7, 11) is -3.79. The van der Waals surface area contributed by atoms with Gasteiger partial charge in [0, 0.05) is 22.6 Å². The van der Waals surface area contributed by atoms with E-state index in [2.05, 4.69) is 5.32 Å². The van der Waals surface area contributed by atoms with Crippen LogP contribution in [0.1, 0.15) is 37.5 Å². The van der Waals surface area contributed by atoms with E-state index < -0.39 is 28.5 Å². The summed E-state index contributed by atoms with van der Waals surface area (Å²) in [4.78, 5) is 27.6. The molecule has 10 heteroatoms. The number of carbonyl (C=O) groups is 2. The quantitative estimate of drug-likeness (QED) is 0.526. The van der Waals surface area contributed by atoms with E-state index in [1.165, 1.54) is 4.90 Å². The van der Waals surface area contributed by atoms with Crippen LogP contribution >= 0.6 is 23.2 Å². The van der Waals surface area contributed by atoms with Crippen LogP contribution in [0.2, 0.25) is 10.0 Å². The maximum Gasteiger partial charge on any atom is 0.244 e. The van der Waals surface area contributed by atoms with E-state index in [9.17, 15) is 18.0 Å². The number of aryl methyl sites for hydroxylation is 2. The van der Waals surface area contributed by atoms with Crippen LogP contribution in [0.3, 0.4) is 0 Å². The van der Waals surface area contributed by atoms with Gasteiger partial charge in [-0.3, -0.25) is 13.9 Å². The van der Waals surface area contributed by atoms with Crippen LogP contribution in [-0.2, 0) is 26.2 Å². The molecule has 0 aliphatic carbocycles. The third kappa shape index (κ3) is 7.35. The molecule has 0 radical (unpaired) electrons. The standard InChI is InChI=1S/C24H31Cl2N3O4S/c1-15(2)27-24(31)18(5)28(13-19-8-9-20(25)12-21(19)26)23(30)14-29(34(6,32)33)22-10-7-16(3)11-17(22)4/h7-12,15,18H,13-14H2,1-6H3,(H,27,31)/t18-/m1/s1. The molecule has 0 saturated carbocycles. The largest absolute Gasteiger partial charge is 0.352 e. The second-order valence-electron chi connectivity index (χ2n) is 8.66. The minimum Gasteiger partial charge on any atom is -0.352 e. The Bertz CT molecular complexity index is 1170. The maximum absolute atomic E-state index is 13.5. The second-order valence-corrected chi connectivity index (χ2v) is 11.4. The molecule has 2 aromatic carbocycles. The van der Waals surface area contributed by atoms with Gasteiger partial charge >= 0.3 is 0 Å². The number of halogens is 2. The van der Waals surface area contributed by atoms with Gasteiger partial charge in [0.1, 0.15) is 12.6 Å². The normalized spacial score (nSPS) is 12.4. The van der Waals surface area contributed by atoms with E-state index in [-0.39, 0.29) is 18.5 Å². The molecular formula is C24H31Cl2N3O4S. The molecule has 1 atom stereocenters. The van der Waals surface area contributed by atoms with Gasteiger partial charge < -0.3 is 10.2 Å².